The number of benzene rings is 2. The van der Waals surface area contributed by atoms with Gasteiger partial charge < -0.3 is 19.9 Å². The number of fused-ring (bicyclic) bond motifs is 1. The highest BCUT2D eigenvalue weighted by Gasteiger charge is 2.24. The van der Waals surface area contributed by atoms with Gasteiger partial charge in [0.05, 0.1) is 5.69 Å². The van der Waals surface area contributed by atoms with Gasteiger partial charge in [0, 0.05) is 44.1 Å². The maximum atomic E-state index is 12.9. The highest BCUT2D eigenvalue weighted by molar-refractivity contribution is 6.08. The smallest absolute Gasteiger partial charge is 0.291 e. The lowest BCUT2D eigenvalue weighted by Gasteiger charge is -2.34. The van der Waals surface area contributed by atoms with Crippen molar-refractivity contribution in [2.24, 2.45) is 0 Å². The normalized spacial score (nSPS) is 16.9. The first-order valence-electron chi connectivity index (χ1n) is 10.4. The van der Waals surface area contributed by atoms with Crippen molar-refractivity contribution in [3.63, 3.8) is 0 Å². The third-order valence-corrected chi connectivity index (χ3v) is 5.44. The average Bonchev–Trinajstić information content (AvgIpc) is 2.85. The molecule has 1 fully saturated rings. The molecule has 32 heavy (non-hydrogen) atoms. The standard InChI is InChI=1S/C24H21N5O3/c30-22-21(32-20-5-2-1-4-19(20)27-22)16-17-6-8-18(9-7-17)23(31)28-12-14-29(15-13-28)24-25-10-3-11-26-24/h1-11,16H,12-15H2,(H,27,30). The van der Waals surface area contributed by atoms with E-state index in [1.54, 1.807) is 48.8 Å². The Hall–Kier alpha value is -4.20. The van der Waals surface area contributed by atoms with E-state index in [1.807, 2.05) is 29.2 Å². The molecule has 3 heterocycles. The van der Waals surface area contributed by atoms with Gasteiger partial charge >= 0.3 is 0 Å². The van der Waals surface area contributed by atoms with Crippen LogP contribution in [0.2, 0.25) is 0 Å². The van der Waals surface area contributed by atoms with E-state index in [0.29, 0.717) is 49.1 Å². The number of nitrogens with one attached hydrogen (secondary N) is 1. The van der Waals surface area contributed by atoms with Gasteiger partial charge in [-0.2, -0.15) is 0 Å². The lowest BCUT2D eigenvalue weighted by atomic mass is 10.1. The number of hydrogen-bond acceptors (Lipinski definition) is 6. The van der Waals surface area contributed by atoms with Crippen molar-refractivity contribution in [2.75, 3.05) is 36.4 Å². The molecule has 0 atom stereocenters. The molecule has 3 aromatic rings. The highest BCUT2D eigenvalue weighted by Crippen LogP contribution is 2.30. The van der Waals surface area contributed by atoms with Crippen LogP contribution < -0.4 is 15.0 Å². The summed E-state index contributed by atoms with van der Waals surface area (Å²) in [5.41, 5.74) is 2.03. The number of aromatic nitrogens is 2. The van der Waals surface area contributed by atoms with E-state index in [2.05, 4.69) is 20.2 Å². The second-order valence-electron chi connectivity index (χ2n) is 7.51. The highest BCUT2D eigenvalue weighted by atomic mass is 16.5. The number of rotatable bonds is 3. The van der Waals surface area contributed by atoms with Crippen LogP contribution in [0.5, 0.6) is 5.75 Å². The van der Waals surface area contributed by atoms with E-state index in [4.69, 9.17) is 4.74 Å². The van der Waals surface area contributed by atoms with Crippen LogP contribution in [0.3, 0.4) is 0 Å². The zero-order chi connectivity index (χ0) is 21.9. The van der Waals surface area contributed by atoms with E-state index >= 15 is 0 Å². The molecular weight excluding hydrogens is 406 g/mol. The second-order valence-corrected chi connectivity index (χ2v) is 7.51. The van der Waals surface area contributed by atoms with Crippen molar-refractivity contribution < 1.29 is 14.3 Å². The van der Waals surface area contributed by atoms with E-state index in [0.717, 1.165) is 5.56 Å². The van der Waals surface area contributed by atoms with Crippen LogP contribution in [0.25, 0.3) is 6.08 Å². The van der Waals surface area contributed by atoms with Crippen molar-refractivity contribution in [3.05, 3.63) is 83.9 Å². The number of ether oxygens (including phenoxy) is 1. The van der Waals surface area contributed by atoms with Gasteiger partial charge in [-0.1, -0.05) is 24.3 Å². The maximum Gasteiger partial charge on any atom is 0.291 e. The Morgan fingerprint density at radius 1 is 0.938 bits per heavy atom. The number of nitrogens with zero attached hydrogens (tertiary/aromatic N) is 4. The van der Waals surface area contributed by atoms with Gasteiger partial charge in [0.1, 0.15) is 0 Å². The van der Waals surface area contributed by atoms with E-state index in [-0.39, 0.29) is 17.6 Å². The zero-order valence-corrected chi connectivity index (χ0v) is 17.3. The number of anilines is 2. The summed E-state index contributed by atoms with van der Waals surface area (Å²) in [6, 6.07) is 16.2. The molecule has 8 heteroatoms. The molecule has 5 rings (SSSR count). The Morgan fingerprint density at radius 2 is 1.66 bits per heavy atom. The first kappa shape index (κ1) is 19.7. The summed E-state index contributed by atoms with van der Waals surface area (Å²) < 4.78 is 5.73. The summed E-state index contributed by atoms with van der Waals surface area (Å²) >= 11 is 0. The van der Waals surface area contributed by atoms with E-state index < -0.39 is 0 Å². The minimum atomic E-state index is -0.302. The molecule has 160 valence electrons. The van der Waals surface area contributed by atoms with E-state index in [9.17, 15) is 9.59 Å². The van der Waals surface area contributed by atoms with Gasteiger partial charge in [-0.3, -0.25) is 9.59 Å². The SMILES string of the molecule is O=C1Nc2ccccc2OC1=Cc1ccc(C(=O)N2CCN(c3ncccn3)CC2)cc1. The molecular formula is C24H21N5O3. The molecule has 0 saturated carbocycles. The molecule has 0 unspecified atom stereocenters. The predicted octanol–water partition coefficient (Wildman–Crippen LogP) is 2.81. The molecule has 1 saturated heterocycles. The average molecular weight is 427 g/mol. The van der Waals surface area contributed by atoms with Crippen LogP contribution in [0.1, 0.15) is 15.9 Å². The van der Waals surface area contributed by atoms with Crippen molar-refractivity contribution in [3.8, 4) is 5.75 Å². The third kappa shape index (κ3) is 4.02. The Labute approximate surface area is 185 Å². The maximum absolute atomic E-state index is 12.9. The first-order valence-corrected chi connectivity index (χ1v) is 10.4. The van der Waals surface area contributed by atoms with Crippen molar-refractivity contribution >= 4 is 29.5 Å². The van der Waals surface area contributed by atoms with Crippen molar-refractivity contribution in [2.45, 2.75) is 0 Å². The predicted molar refractivity (Wildman–Crippen MR) is 120 cm³/mol. The monoisotopic (exact) mass is 427 g/mol. The first-order chi connectivity index (χ1) is 15.7. The van der Waals surface area contributed by atoms with Gasteiger partial charge in [-0.25, -0.2) is 9.97 Å². The van der Waals surface area contributed by atoms with Crippen LogP contribution in [0.4, 0.5) is 11.6 Å². The third-order valence-electron chi connectivity index (χ3n) is 5.44. The molecule has 1 aromatic heterocycles. The van der Waals surface area contributed by atoms with Gasteiger partial charge in [-0.15, -0.1) is 0 Å². The Morgan fingerprint density at radius 3 is 2.41 bits per heavy atom. The molecule has 2 aliphatic rings. The van der Waals surface area contributed by atoms with Crippen molar-refractivity contribution in [1.29, 1.82) is 0 Å². The lowest BCUT2D eigenvalue weighted by Crippen LogP contribution is -2.49. The molecule has 2 aliphatic heterocycles. The number of carbonyl (C=O) groups is 2. The molecule has 8 nitrogen and oxygen atoms in total. The number of amides is 2. The zero-order valence-electron chi connectivity index (χ0n) is 17.3. The Bertz CT molecular complexity index is 1170. The number of piperazine rings is 1. The van der Waals surface area contributed by atoms with Gasteiger partial charge in [-0.05, 0) is 42.0 Å². The molecule has 2 amide bonds. The molecule has 2 aromatic carbocycles. The summed E-state index contributed by atoms with van der Waals surface area (Å²) in [6.07, 6.45) is 5.10. The molecule has 0 aliphatic carbocycles. The number of para-hydroxylation sites is 2. The summed E-state index contributed by atoms with van der Waals surface area (Å²) in [5, 5.41) is 2.81. The summed E-state index contributed by atoms with van der Waals surface area (Å²) in [7, 11) is 0. The quantitative estimate of drug-likeness (QED) is 0.647. The molecule has 0 spiro atoms. The second kappa shape index (κ2) is 8.50. The van der Waals surface area contributed by atoms with Crippen LogP contribution >= 0.6 is 0 Å². The Kier molecular flexibility index (Phi) is 5.25. The molecule has 0 bridgehead atoms. The fourth-order valence-corrected chi connectivity index (χ4v) is 3.72. The van der Waals surface area contributed by atoms with Gasteiger partial charge in [0.15, 0.2) is 11.5 Å². The summed E-state index contributed by atoms with van der Waals surface area (Å²) in [6.45, 7) is 2.59. The van der Waals surface area contributed by atoms with Crippen LogP contribution in [0.15, 0.2) is 72.8 Å². The Balaban J connectivity index is 1.24. The number of carbonyl (C=O) groups excluding carboxylic acids is 2. The van der Waals surface area contributed by atoms with Crippen LogP contribution in [0, 0.1) is 0 Å². The van der Waals surface area contributed by atoms with Crippen LogP contribution in [-0.4, -0.2) is 52.9 Å². The molecule has 1 N–H and O–H groups in total. The largest absolute Gasteiger partial charge is 0.449 e. The van der Waals surface area contributed by atoms with Crippen molar-refractivity contribution in [1.82, 2.24) is 14.9 Å². The lowest BCUT2D eigenvalue weighted by molar-refractivity contribution is -0.115. The van der Waals surface area contributed by atoms with Crippen LogP contribution in [-0.2, 0) is 4.79 Å². The minimum Gasteiger partial charge on any atom is -0.449 e. The fraction of sp³-hybridized carbons (Fsp3) is 0.167. The van der Waals surface area contributed by atoms with Gasteiger partial charge in [0.25, 0.3) is 11.8 Å². The number of hydrogen-bond donors (Lipinski definition) is 1. The topological polar surface area (TPSA) is 87.7 Å². The minimum absolute atomic E-state index is 0.0154. The fourth-order valence-electron chi connectivity index (χ4n) is 3.72. The van der Waals surface area contributed by atoms with E-state index in [1.165, 1.54) is 0 Å². The molecule has 0 radical (unpaired) electrons. The van der Waals surface area contributed by atoms with Gasteiger partial charge in [0.2, 0.25) is 5.95 Å². The summed E-state index contributed by atoms with van der Waals surface area (Å²) in [4.78, 5) is 37.7. The summed E-state index contributed by atoms with van der Waals surface area (Å²) in [5.74, 6) is 1.18.